The lowest BCUT2D eigenvalue weighted by Crippen LogP contribution is -2.18. The molecule has 0 unspecified atom stereocenters. The second-order valence-corrected chi connectivity index (χ2v) is 5.44. The monoisotopic (exact) mass is 344 g/mol. The van der Waals surface area contributed by atoms with Crippen molar-refractivity contribution in [2.45, 2.75) is 13.8 Å². The molecule has 0 radical (unpaired) electrons. The molecule has 6 nitrogen and oxygen atoms in total. The molecule has 0 N–H and O–H groups in total. The minimum absolute atomic E-state index is 0.198. The second kappa shape index (κ2) is 8.19. The Kier molecular flexibility index (Phi) is 6.00. The summed E-state index contributed by atoms with van der Waals surface area (Å²) in [7, 11) is 2.70. The van der Waals surface area contributed by atoms with Crippen LogP contribution in [-0.4, -0.2) is 32.8 Å². The first-order valence-corrected chi connectivity index (χ1v) is 7.61. The van der Waals surface area contributed by atoms with E-state index in [1.165, 1.54) is 32.4 Å². The summed E-state index contributed by atoms with van der Waals surface area (Å²) in [5.41, 5.74) is 2.39. The number of carbonyl (C=O) groups is 2. The zero-order valence-corrected chi connectivity index (χ0v) is 14.6. The van der Waals surface area contributed by atoms with Gasteiger partial charge in [-0.05, 0) is 55.3 Å². The minimum atomic E-state index is -0.580. The molecule has 0 aliphatic heterocycles. The Morgan fingerprint density at radius 1 is 0.920 bits per heavy atom. The summed E-state index contributed by atoms with van der Waals surface area (Å²) in [5.74, 6) is -0.0353. The molecule has 6 heteroatoms. The first kappa shape index (κ1) is 18.3. The van der Waals surface area contributed by atoms with Crippen LogP contribution in [0.1, 0.15) is 21.5 Å². The van der Waals surface area contributed by atoms with Gasteiger partial charge in [0.1, 0.15) is 5.75 Å². The number of carbonyl (C=O) groups excluding carboxylic acids is 2. The average molecular weight is 344 g/mol. The van der Waals surface area contributed by atoms with Crippen molar-refractivity contribution in [3.8, 4) is 17.2 Å². The first-order chi connectivity index (χ1) is 11.9. The van der Waals surface area contributed by atoms with E-state index in [1.807, 2.05) is 32.0 Å². The Bertz CT molecular complexity index is 761. The summed E-state index contributed by atoms with van der Waals surface area (Å²) < 4.78 is 20.5. The van der Waals surface area contributed by atoms with Gasteiger partial charge in [0.25, 0.3) is 0 Å². The van der Waals surface area contributed by atoms with E-state index in [-0.39, 0.29) is 18.1 Å². The molecular formula is C19H20O6. The number of esters is 2. The Morgan fingerprint density at radius 2 is 1.60 bits per heavy atom. The fourth-order valence-corrected chi connectivity index (χ4v) is 2.31. The average Bonchev–Trinajstić information content (AvgIpc) is 2.58. The molecule has 0 aliphatic rings. The van der Waals surface area contributed by atoms with Gasteiger partial charge in [-0.15, -0.1) is 0 Å². The summed E-state index contributed by atoms with van der Waals surface area (Å²) in [6, 6.07) is 10.1. The summed E-state index contributed by atoms with van der Waals surface area (Å²) in [6.07, 6.45) is 0. The molecule has 132 valence electrons. The van der Waals surface area contributed by atoms with Crippen LogP contribution in [-0.2, 0) is 9.53 Å². The molecule has 2 aromatic rings. The van der Waals surface area contributed by atoms with E-state index in [1.54, 1.807) is 0 Å². The van der Waals surface area contributed by atoms with Crippen LogP contribution in [0, 0.1) is 13.8 Å². The molecule has 2 rings (SSSR count). The van der Waals surface area contributed by atoms with Crippen molar-refractivity contribution in [1.29, 1.82) is 0 Å². The van der Waals surface area contributed by atoms with Crippen molar-refractivity contribution < 1.29 is 28.5 Å². The third-order valence-electron chi connectivity index (χ3n) is 3.36. The van der Waals surface area contributed by atoms with E-state index < -0.39 is 11.9 Å². The van der Waals surface area contributed by atoms with Crippen molar-refractivity contribution in [3.63, 3.8) is 0 Å². The standard InChI is InChI=1S/C19H20O6/c1-12-7-13(2)9-15(8-12)24-11-18(20)25-16-6-5-14(19(21)23-4)10-17(16)22-3/h5-10H,11H2,1-4H3. The number of rotatable bonds is 6. The van der Waals surface area contributed by atoms with Gasteiger partial charge in [0.15, 0.2) is 18.1 Å². The van der Waals surface area contributed by atoms with Crippen molar-refractivity contribution in [2.24, 2.45) is 0 Å². The van der Waals surface area contributed by atoms with Gasteiger partial charge in [-0.25, -0.2) is 9.59 Å². The fraction of sp³-hybridized carbons (Fsp3) is 0.263. The van der Waals surface area contributed by atoms with Gasteiger partial charge in [0.2, 0.25) is 0 Å². The zero-order chi connectivity index (χ0) is 18.4. The highest BCUT2D eigenvalue weighted by molar-refractivity contribution is 5.90. The minimum Gasteiger partial charge on any atom is -0.493 e. The third-order valence-corrected chi connectivity index (χ3v) is 3.36. The van der Waals surface area contributed by atoms with Gasteiger partial charge in [-0.3, -0.25) is 0 Å². The van der Waals surface area contributed by atoms with Gasteiger partial charge < -0.3 is 18.9 Å². The Morgan fingerprint density at radius 3 is 2.20 bits per heavy atom. The van der Waals surface area contributed by atoms with Gasteiger partial charge in [0.05, 0.1) is 19.8 Å². The Labute approximate surface area is 146 Å². The highest BCUT2D eigenvalue weighted by Gasteiger charge is 2.14. The van der Waals surface area contributed by atoms with Crippen molar-refractivity contribution in [1.82, 2.24) is 0 Å². The second-order valence-electron chi connectivity index (χ2n) is 5.44. The lowest BCUT2D eigenvalue weighted by Gasteiger charge is -2.11. The van der Waals surface area contributed by atoms with Crippen LogP contribution in [0.4, 0.5) is 0 Å². The molecule has 0 heterocycles. The molecule has 0 saturated carbocycles. The van der Waals surface area contributed by atoms with E-state index in [0.29, 0.717) is 11.3 Å². The van der Waals surface area contributed by atoms with E-state index in [0.717, 1.165) is 11.1 Å². The molecule has 0 spiro atoms. The number of ether oxygens (including phenoxy) is 4. The fourth-order valence-electron chi connectivity index (χ4n) is 2.31. The summed E-state index contributed by atoms with van der Waals surface area (Å²) in [4.78, 5) is 23.5. The molecule has 0 aromatic heterocycles. The van der Waals surface area contributed by atoms with Crippen molar-refractivity contribution >= 4 is 11.9 Å². The van der Waals surface area contributed by atoms with Crippen LogP contribution in [0.25, 0.3) is 0 Å². The first-order valence-electron chi connectivity index (χ1n) is 7.61. The van der Waals surface area contributed by atoms with Crippen LogP contribution in [0.5, 0.6) is 17.2 Å². The lowest BCUT2D eigenvalue weighted by atomic mass is 10.1. The molecule has 0 fully saturated rings. The predicted molar refractivity (Wildman–Crippen MR) is 91.4 cm³/mol. The number of hydrogen-bond acceptors (Lipinski definition) is 6. The van der Waals surface area contributed by atoms with Crippen LogP contribution in [0.2, 0.25) is 0 Å². The SMILES string of the molecule is COC(=O)c1ccc(OC(=O)COc2cc(C)cc(C)c2)c(OC)c1. The van der Waals surface area contributed by atoms with Crippen LogP contribution < -0.4 is 14.2 Å². The Hall–Kier alpha value is -3.02. The van der Waals surface area contributed by atoms with Crippen molar-refractivity contribution in [2.75, 3.05) is 20.8 Å². The van der Waals surface area contributed by atoms with Crippen LogP contribution in [0.15, 0.2) is 36.4 Å². The normalized spacial score (nSPS) is 10.1. The summed E-state index contributed by atoms with van der Waals surface area (Å²) in [6.45, 7) is 3.66. The van der Waals surface area contributed by atoms with E-state index in [4.69, 9.17) is 14.2 Å². The smallest absolute Gasteiger partial charge is 0.349 e. The number of benzene rings is 2. The maximum atomic E-state index is 12.0. The molecular weight excluding hydrogens is 324 g/mol. The van der Waals surface area contributed by atoms with Gasteiger partial charge >= 0.3 is 11.9 Å². The predicted octanol–water partition coefficient (Wildman–Crippen LogP) is 3.08. The molecule has 0 saturated heterocycles. The molecule has 0 amide bonds. The lowest BCUT2D eigenvalue weighted by molar-refractivity contribution is -0.136. The molecule has 0 bridgehead atoms. The van der Waals surface area contributed by atoms with Crippen LogP contribution in [0.3, 0.4) is 0 Å². The van der Waals surface area contributed by atoms with Gasteiger partial charge in [0, 0.05) is 0 Å². The molecule has 25 heavy (non-hydrogen) atoms. The molecule has 0 atom stereocenters. The van der Waals surface area contributed by atoms with Crippen LogP contribution >= 0.6 is 0 Å². The molecule has 2 aromatic carbocycles. The van der Waals surface area contributed by atoms with E-state index in [2.05, 4.69) is 4.74 Å². The quantitative estimate of drug-likeness (QED) is 0.592. The van der Waals surface area contributed by atoms with Gasteiger partial charge in [-0.2, -0.15) is 0 Å². The maximum absolute atomic E-state index is 12.0. The number of hydrogen-bond donors (Lipinski definition) is 0. The largest absolute Gasteiger partial charge is 0.493 e. The van der Waals surface area contributed by atoms with E-state index in [9.17, 15) is 9.59 Å². The van der Waals surface area contributed by atoms with Gasteiger partial charge in [-0.1, -0.05) is 6.07 Å². The van der Waals surface area contributed by atoms with Crippen molar-refractivity contribution in [3.05, 3.63) is 53.1 Å². The summed E-state index contributed by atoms with van der Waals surface area (Å²) >= 11 is 0. The zero-order valence-electron chi connectivity index (χ0n) is 14.6. The highest BCUT2D eigenvalue weighted by atomic mass is 16.6. The third kappa shape index (κ3) is 4.97. The van der Waals surface area contributed by atoms with E-state index >= 15 is 0 Å². The highest BCUT2D eigenvalue weighted by Crippen LogP contribution is 2.28. The number of aryl methyl sites for hydroxylation is 2. The summed E-state index contributed by atoms with van der Waals surface area (Å²) in [5, 5.41) is 0. The topological polar surface area (TPSA) is 71.1 Å². The molecule has 0 aliphatic carbocycles. The number of methoxy groups -OCH3 is 2. The maximum Gasteiger partial charge on any atom is 0.349 e. The Balaban J connectivity index is 2.03.